The predicted octanol–water partition coefficient (Wildman–Crippen LogP) is 3.17. The second-order valence-electron chi connectivity index (χ2n) is 6.76. The van der Waals surface area contributed by atoms with E-state index in [9.17, 15) is 9.59 Å². The molecule has 0 spiro atoms. The molecular formula is C22H20N4O3. The van der Waals surface area contributed by atoms with Crippen molar-refractivity contribution in [1.29, 1.82) is 0 Å². The van der Waals surface area contributed by atoms with Gasteiger partial charge in [-0.3, -0.25) is 14.5 Å². The van der Waals surface area contributed by atoms with Gasteiger partial charge in [-0.1, -0.05) is 12.1 Å². The third-order valence-corrected chi connectivity index (χ3v) is 4.69. The van der Waals surface area contributed by atoms with Gasteiger partial charge in [0.05, 0.1) is 18.7 Å². The average molecular weight is 388 g/mol. The molecule has 3 aromatic rings. The molecule has 4 rings (SSSR count). The largest absolute Gasteiger partial charge is 0.494 e. The lowest BCUT2D eigenvalue weighted by molar-refractivity contribution is -0.116. The normalized spacial score (nSPS) is 12.8. The molecule has 1 aromatic heterocycles. The number of hydrogen-bond donors (Lipinski definition) is 1. The van der Waals surface area contributed by atoms with Crippen LogP contribution in [0, 0.1) is 6.92 Å². The minimum atomic E-state index is -0.685. The van der Waals surface area contributed by atoms with Crippen molar-refractivity contribution in [3.8, 4) is 17.1 Å². The van der Waals surface area contributed by atoms with Crippen LogP contribution >= 0.6 is 0 Å². The summed E-state index contributed by atoms with van der Waals surface area (Å²) in [6.07, 6.45) is 0.0328. The Hall–Kier alpha value is -3.74. The number of rotatable bonds is 5. The highest BCUT2D eigenvalue weighted by Crippen LogP contribution is 2.37. The third-order valence-electron chi connectivity index (χ3n) is 4.69. The molecule has 0 bridgehead atoms. The highest BCUT2D eigenvalue weighted by Gasteiger charge is 2.35. The van der Waals surface area contributed by atoms with Gasteiger partial charge in [0.25, 0.3) is 5.91 Å². The monoisotopic (exact) mass is 388 g/mol. The maximum Gasteiger partial charge on any atom is 0.267 e. The molecule has 1 aliphatic heterocycles. The van der Waals surface area contributed by atoms with Crippen molar-refractivity contribution in [2.45, 2.75) is 20.3 Å². The Morgan fingerprint density at radius 2 is 1.93 bits per heavy atom. The first-order valence-electron chi connectivity index (χ1n) is 9.31. The van der Waals surface area contributed by atoms with E-state index in [0.717, 1.165) is 11.3 Å². The first kappa shape index (κ1) is 18.6. The first-order chi connectivity index (χ1) is 14.0. The summed E-state index contributed by atoms with van der Waals surface area (Å²) in [7, 11) is 0. The van der Waals surface area contributed by atoms with Gasteiger partial charge in [0.15, 0.2) is 5.82 Å². The van der Waals surface area contributed by atoms with Crippen LogP contribution in [0.4, 0.5) is 11.5 Å². The Bertz CT molecular complexity index is 1110. The number of fused-ring (bicyclic) bond motifs is 1. The van der Waals surface area contributed by atoms with Crippen molar-refractivity contribution >= 4 is 23.3 Å². The topological polar surface area (TPSA) is 98.4 Å². The fraction of sp³-hybridized carbons (Fsp3) is 0.182. The molecule has 0 aliphatic carbocycles. The predicted molar refractivity (Wildman–Crippen MR) is 109 cm³/mol. The van der Waals surface area contributed by atoms with E-state index in [4.69, 9.17) is 10.5 Å². The van der Waals surface area contributed by atoms with E-state index in [1.165, 1.54) is 4.90 Å². The molecule has 2 heterocycles. The van der Waals surface area contributed by atoms with Gasteiger partial charge < -0.3 is 10.5 Å². The van der Waals surface area contributed by atoms with Gasteiger partial charge in [0.2, 0.25) is 5.91 Å². The van der Waals surface area contributed by atoms with E-state index in [2.05, 4.69) is 9.97 Å². The van der Waals surface area contributed by atoms with Crippen LogP contribution in [0.15, 0.2) is 48.5 Å². The Kier molecular flexibility index (Phi) is 4.72. The quantitative estimate of drug-likeness (QED) is 0.724. The van der Waals surface area contributed by atoms with Crippen molar-refractivity contribution in [3.05, 3.63) is 65.4 Å². The SMILES string of the molecule is CCOc1ccc(-c2nc(C(N)=O)c3c(n2)N(c2cccc(C)c2)C(=O)C3)cc1. The van der Waals surface area contributed by atoms with Crippen LogP contribution in [0.2, 0.25) is 0 Å². The van der Waals surface area contributed by atoms with E-state index in [1.807, 2.05) is 62.4 Å². The zero-order valence-electron chi connectivity index (χ0n) is 16.2. The number of ether oxygens (including phenoxy) is 1. The molecule has 29 heavy (non-hydrogen) atoms. The summed E-state index contributed by atoms with van der Waals surface area (Å²) in [5, 5.41) is 0. The standard InChI is InChI=1S/C22H20N4O3/c1-3-29-16-9-7-14(8-10-16)21-24-19(20(23)28)17-12-18(27)26(22(17)25-21)15-6-4-5-13(2)11-15/h4-11H,3,12H2,1-2H3,(H2,23,28). The summed E-state index contributed by atoms with van der Waals surface area (Å²) in [6.45, 7) is 4.42. The number of anilines is 2. The van der Waals surface area contributed by atoms with Gasteiger partial charge >= 0.3 is 0 Å². The lowest BCUT2D eigenvalue weighted by Crippen LogP contribution is -2.21. The maximum absolute atomic E-state index is 12.8. The van der Waals surface area contributed by atoms with Gasteiger partial charge in [0.1, 0.15) is 17.3 Å². The van der Waals surface area contributed by atoms with Crippen molar-refractivity contribution in [2.24, 2.45) is 5.73 Å². The third kappa shape index (κ3) is 3.42. The average Bonchev–Trinajstić information content (AvgIpc) is 3.03. The van der Waals surface area contributed by atoms with Crippen LogP contribution in [-0.2, 0) is 11.2 Å². The summed E-state index contributed by atoms with van der Waals surface area (Å²) in [5.41, 5.74) is 8.51. The number of nitrogens with two attached hydrogens (primary N) is 1. The summed E-state index contributed by atoms with van der Waals surface area (Å²) in [5.74, 6) is 0.589. The zero-order valence-corrected chi connectivity index (χ0v) is 16.2. The molecule has 1 aliphatic rings. The van der Waals surface area contributed by atoms with Gasteiger partial charge in [-0.15, -0.1) is 0 Å². The van der Waals surface area contributed by atoms with Crippen LogP contribution in [0.25, 0.3) is 11.4 Å². The van der Waals surface area contributed by atoms with E-state index >= 15 is 0 Å². The molecule has 146 valence electrons. The lowest BCUT2D eigenvalue weighted by Gasteiger charge is -2.18. The number of nitrogens with zero attached hydrogens (tertiary/aromatic N) is 3. The first-order valence-corrected chi connectivity index (χ1v) is 9.31. The molecule has 2 aromatic carbocycles. The molecule has 0 fully saturated rings. The Morgan fingerprint density at radius 3 is 2.59 bits per heavy atom. The molecular weight excluding hydrogens is 368 g/mol. The molecule has 7 heteroatoms. The maximum atomic E-state index is 12.8. The highest BCUT2D eigenvalue weighted by atomic mass is 16.5. The number of aryl methyl sites for hydroxylation is 1. The second-order valence-corrected chi connectivity index (χ2v) is 6.76. The van der Waals surface area contributed by atoms with E-state index in [0.29, 0.717) is 35.1 Å². The number of hydrogen-bond acceptors (Lipinski definition) is 5. The van der Waals surface area contributed by atoms with Crippen molar-refractivity contribution < 1.29 is 14.3 Å². The highest BCUT2D eigenvalue weighted by molar-refractivity contribution is 6.09. The molecule has 2 N–H and O–H groups in total. The van der Waals surface area contributed by atoms with Gasteiger partial charge in [-0.25, -0.2) is 9.97 Å². The Morgan fingerprint density at radius 1 is 1.17 bits per heavy atom. The van der Waals surface area contributed by atoms with E-state index in [-0.39, 0.29) is 18.0 Å². The smallest absolute Gasteiger partial charge is 0.267 e. The number of amides is 2. The van der Waals surface area contributed by atoms with Crippen LogP contribution < -0.4 is 15.4 Å². The van der Waals surface area contributed by atoms with Crippen molar-refractivity contribution in [1.82, 2.24) is 9.97 Å². The Balaban J connectivity index is 1.85. The van der Waals surface area contributed by atoms with Crippen LogP contribution in [-0.4, -0.2) is 28.4 Å². The molecule has 0 atom stereocenters. The van der Waals surface area contributed by atoms with Gasteiger partial charge in [0, 0.05) is 11.1 Å². The fourth-order valence-corrected chi connectivity index (χ4v) is 3.40. The molecule has 0 unspecified atom stereocenters. The number of carbonyl (C=O) groups is 2. The van der Waals surface area contributed by atoms with Crippen LogP contribution in [0.1, 0.15) is 28.5 Å². The summed E-state index contributed by atoms with van der Waals surface area (Å²) in [4.78, 5) is 35.4. The molecule has 0 radical (unpaired) electrons. The second kappa shape index (κ2) is 7.35. The molecule has 2 amide bonds. The van der Waals surface area contributed by atoms with Crippen molar-refractivity contribution in [2.75, 3.05) is 11.5 Å². The van der Waals surface area contributed by atoms with E-state index in [1.54, 1.807) is 0 Å². The van der Waals surface area contributed by atoms with Gasteiger partial charge in [-0.05, 0) is 55.8 Å². The summed E-state index contributed by atoms with van der Waals surface area (Å²) in [6, 6.07) is 14.8. The zero-order chi connectivity index (χ0) is 20.5. The van der Waals surface area contributed by atoms with E-state index < -0.39 is 5.91 Å². The Labute approximate surface area is 168 Å². The number of aromatic nitrogens is 2. The lowest BCUT2D eigenvalue weighted by atomic mass is 10.1. The summed E-state index contributed by atoms with van der Waals surface area (Å²) < 4.78 is 5.47. The van der Waals surface area contributed by atoms with Crippen molar-refractivity contribution in [3.63, 3.8) is 0 Å². The van der Waals surface area contributed by atoms with Crippen LogP contribution in [0.3, 0.4) is 0 Å². The molecule has 0 saturated heterocycles. The summed E-state index contributed by atoms with van der Waals surface area (Å²) >= 11 is 0. The number of primary amides is 1. The number of benzene rings is 2. The fourth-order valence-electron chi connectivity index (χ4n) is 3.40. The number of carbonyl (C=O) groups excluding carboxylic acids is 2. The van der Waals surface area contributed by atoms with Crippen LogP contribution in [0.5, 0.6) is 5.75 Å². The molecule has 7 nitrogen and oxygen atoms in total. The molecule has 0 saturated carbocycles. The van der Waals surface area contributed by atoms with Gasteiger partial charge in [-0.2, -0.15) is 0 Å². The minimum absolute atomic E-state index is 0.0328. The minimum Gasteiger partial charge on any atom is -0.494 e.